The van der Waals surface area contributed by atoms with Crippen molar-refractivity contribution >= 4 is 18.0 Å². The van der Waals surface area contributed by atoms with Crippen LogP contribution in [-0.2, 0) is 9.53 Å². The molecule has 154 valence electrons. The second-order valence-electron chi connectivity index (χ2n) is 8.13. The molecule has 2 aliphatic rings. The van der Waals surface area contributed by atoms with Crippen molar-refractivity contribution in [2.24, 2.45) is 4.99 Å². The summed E-state index contributed by atoms with van der Waals surface area (Å²) in [5.41, 5.74) is -0.487. The monoisotopic (exact) mass is 381 g/mol. The Morgan fingerprint density at radius 3 is 2.22 bits per heavy atom. The average molecular weight is 382 g/mol. The molecule has 2 rings (SSSR count). The summed E-state index contributed by atoms with van der Waals surface area (Å²) in [7, 11) is 0. The van der Waals surface area contributed by atoms with E-state index >= 15 is 0 Å². The zero-order chi connectivity index (χ0) is 20.0. The van der Waals surface area contributed by atoms with Gasteiger partial charge in [0.2, 0.25) is 5.91 Å². The quantitative estimate of drug-likeness (QED) is 0.577. The SMILES string of the molecule is CCNC(=NCCN(C(=O)OC(C)(C)C)C1CC1)N1CCN(C(C)=O)CC1. The fourth-order valence-corrected chi connectivity index (χ4v) is 3.05. The fraction of sp³-hybridized carbons (Fsp3) is 0.842. The van der Waals surface area contributed by atoms with Crippen molar-refractivity contribution < 1.29 is 14.3 Å². The van der Waals surface area contributed by atoms with Crippen LogP contribution < -0.4 is 5.32 Å². The van der Waals surface area contributed by atoms with Gasteiger partial charge in [-0.1, -0.05) is 0 Å². The van der Waals surface area contributed by atoms with Crippen LogP contribution in [0.1, 0.15) is 47.5 Å². The lowest BCUT2D eigenvalue weighted by Gasteiger charge is -2.36. The van der Waals surface area contributed by atoms with Crippen LogP contribution in [0.3, 0.4) is 0 Å². The van der Waals surface area contributed by atoms with Crippen molar-refractivity contribution in [3.63, 3.8) is 0 Å². The van der Waals surface area contributed by atoms with E-state index in [1.165, 1.54) is 0 Å². The summed E-state index contributed by atoms with van der Waals surface area (Å²) >= 11 is 0. The summed E-state index contributed by atoms with van der Waals surface area (Å²) in [6.45, 7) is 14.1. The molecule has 8 nitrogen and oxygen atoms in total. The summed E-state index contributed by atoms with van der Waals surface area (Å²) in [5.74, 6) is 0.967. The van der Waals surface area contributed by atoms with Crippen LogP contribution in [-0.4, -0.2) is 90.1 Å². The topological polar surface area (TPSA) is 77.5 Å². The molecule has 1 heterocycles. The number of rotatable bonds is 5. The minimum Gasteiger partial charge on any atom is -0.444 e. The van der Waals surface area contributed by atoms with Gasteiger partial charge in [-0.25, -0.2) is 4.79 Å². The second kappa shape index (κ2) is 9.28. The van der Waals surface area contributed by atoms with Crippen LogP contribution in [0.25, 0.3) is 0 Å². The van der Waals surface area contributed by atoms with Crippen LogP contribution in [0.4, 0.5) is 4.79 Å². The minimum absolute atomic E-state index is 0.119. The molecule has 0 bridgehead atoms. The fourth-order valence-electron chi connectivity index (χ4n) is 3.05. The molecule has 1 aliphatic carbocycles. The predicted octanol–water partition coefficient (Wildman–Crippen LogP) is 1.52. The van der Waals surface area contributed by atoms with Gasteiger partial charge < -0.3 is 24.8 Å². The van der Waals surface area contributed by atoms with Crippen molar-refractivity contribution in [1.29, 1.82) is 0 Å². The molecule has 8 heteroatoms. The van der Waals surface area contributed by atoms with Gasteiger partial charge in [0.05, 0.1) is 6.54 Å². The van der Waals surface area contributed by atoms with Gasteiger partial charge in [0, 0.05) is 52.2 Å². The summed E-state index contributed by atoms with van der Waals surface area (Å²) in [6.07, 6.45) is 1.83. The maximum atomic E-state index is 12.4. The third kappa shape index (κ3) is 6.92. The Morgan fingerprint density at radius 1 is 1.15 bits per heavy atom. The molecule has 0 aromatic rings. The highest BCUT2D eigenvalue weighted by molar-refractivity contribution is 5.80. The van der Waals surface area contributed by atoms with E-state index in [0.717, 1.165) is 38.4 Å². The molecular weight excluding hydrogens is 346 g/mol. The van der Waals surface area contributed by atoms with Crippen molar-refractivity contribution in [2.45, 2.75) is 59.1 Å². The van der Waals surface area contributed by atoms with Crippen molar-refractivity contribution in [3.05, 3.63) is 0 Å². The molecule has 0 aromatic carbocycles. The summed E-state index contributed by atoms with van der Waals surface area (Å²) in [5, 5.41) is 3.32. The zero-order valence-electron chi connectivity index (χ0n) is 17.5. The highest BCUT2D eigenvalue weighted by atomic mass is 16.6. The van der Waals surface area contributed by atoms with Gasteiger partial charge in [-0.15, -0.1) is 0 Å². The van der Waals surface area contributed by atoms with E-state index in [1.54, 1.807) is 6.92 Å². The van der Waals surface area contributed by atoms with Crippen LogP contribution in [0.5, 0.6) is 0 Å². The number of guanidine groups is 1. The Bertz CT molecular complexity index is 546. The van der Waals surface area contributed by atoms with Crippen molar-refractivity contribution in [3.8, 4) is 0 Å². The smallest absolute Gasteiger partial charge is 0.410 e. The number of aliphatic imine (C=N–C) groups is 1. The van der Waals surface area contributed by atoms with Gasteiger partial charge in [0.25, 0.3) is 0 Å². The number of hydrogen-bond acceptors (Lipinski definition) is 4. The molecule has 0 unspecified atom stereocenters. The first-order chi connectivity index (χ1) is 12.7. The molecule has 1 saturated carbocycles. The van der Waals surface area contributed by atoms with E-state index in [0.29, 0.717) is 26.2 Å². The van der Waals surface area contributed by atoms with Crippen LogP contribution in [0, 0.1) is 0 Å². The number of carbonyl (C=O) groups excluding carboxylic acids is 2. The Hall–Kier alpha value is -1.99. The number of carbonyl (C=O) groups is 2. The van der Waals surface area contributed by atoms with Gasteiger partial charge in [0.15, 0.2) is 5.96 Å². The molecule has 0 radical (unpaired) electrons. The Kier molecular flexibility index (Phi) is 7.33. The normalized spacial score (nSPS) is 18.3. The second-order valence-corrected chi connectivity index (χ2v) is 8.13. The lowest BCUT2D eigenvalue weighted by Crippen LogP contribution is -2.53. The van der Waals surface area contributed by atoms with Crippen LogP contribution in [0.2, 0.25) is 0 Å². The molecular formula is C19H35N5O3. The number of nitrogens with one attached hydrogen (secondary N) is 1. The van der Waals surface area contributed by atoms with Gasteiger partial charge in [-0.3, -0.25) is 9.79 Å². The molecule has 1 N–H and O–H groups in total. The minimum atomic E-state index is -0.487. The van der Waals surface area contributed by atoms with Crippen LogP contribution in [0.15, 0.2) is 4.99 Å². The van der Waals surface area contributed by atoms with Crippen molar-refractivity contribution in [1.82, 2.24) is 20.0 Å². The van der Waals surface area contributed by atoms with E-state index in [1.807, 2.05) is 37.5 Å². The number of nitrogens with zero attached hydrogens (tertiary/aromatic N) is 4. The Balaban J connectivity index is 1.91. The number of hydrogen-bond donors (Lipinski definition) is 1. The lowest BCUT2D eigenvalue weighted by molar-refractivity contribution is -0.130. The summed E-state index contributed by atoms with van der Waals surface area (Å²) in [4.78, 5) is 34.5. The molecule has 0 atom stereocenters. The first-order valence-electron chi connectivity index (χ1n) is 9.99. The summed E-state index contributed by atoms with van der Waals surface area (Å²) in [6, 6.07) is 0.289. The molecule has 2 fully saturated rings. The third-order valence-electron chi connectivity index (χ3n) is 4.58. The molecule has 2 amide bonds. The molecule has 1 aliphatic heterocycles. The lowest BCUT2D eigenvalue weighted by atomic mass is 10.2. The van der Waals surface area contributed by atoms with E-state index in [9.17, 15) is 9.59 Å². The standard InChI is InChI=1S/C19H35N5O3/c1-6-20-17(23-13-11-22(12-14-23)15(2)25)21-9-10-24(16-7-8-16)18(26)27-19(3,4)5/h16H,6-14H2,1-5H3,(H,20,21). The largest absolute Gasteiger partial charge is 0.444 e. The molecule has 27 heavy (non-hydrogen) atoms. The maximum Gasteiger partial charge on any atom is 0.410 e. The molecule has 0 spiro atoms. The third-order valence-corrected chi connectivity index (χ3v) is 4.58. The van der Waals surface area contributed by atoms with E-state index in [2.05, 4.69) is 10.2 Å². The van der Waals surface area contributed by atoms with E-state index < -0.39 is 5.60 Å². The van der Waals surface area contributed by atoms with Gasteiger partial charge in [-0.2, -0.15) is 0 Å². The molecule has 1 saturated heterocycles. The molecule has 0 aromatic heterocycles. The maximum absolute atomic E-state index is 12.4. The first kappa shape index (κ1) is 21.3. The van der Waals surface area contributed by atoms with Crippen molar-refractivity contribution in [2.75, 3.05) is 45.8 Å². The number of ether oxygens (including phenoxy) is 1. The highest BCUT2D eigenvalue weighted by Crippen LogP contribution is 2.28. The van der Waals surface area contributed by atoms with Gasteiger partial charge >= 0.3 is 6.09 Å². The van der Waals surface area contributed by atoms with E-state index in [4.69, 9.17) is 9.73 Å². The van der Waals surface area contributed by atoms with E-state index in [-0.39, 0.29) is 18.0 Å². The Labute approximate surface area is 162 Å². The average Bonchev–Trinajstić information content (AvgIpc) is 3.41. The van der Waals surface area contributed by atoms with Crippen LogP contribution >= 0.6 is 0 Å². The van der Waals surface area contributed by atoms with Gasteiger partial charge in [0.1, 0.15) is 5.60 Å². The highest BCUT2D eigenvalue weighted by Gasteiger charge is 2.34. The Morgan fingerprint density at radius 2 is 1.74 bits per heavy atom. The predicted molar refractivity (Wildman–Crippen MR) is 106 cm³/mol. The van der Waals surface area contributed by atoms with Gasteiger partial charge in [-0.05, 0) is 40.5 Å². The zero-order valence-corrected chi connectivity index (χ0v) is 17.5. The summed E-state index contributed by atoms with van der Waals surface area (Å²) < 4.78 is 5.53. The first-order valence-corrected chi connectivity index (χ1v) is 9.99. The number of amides is 2. The number of piperazine rings is 1.